The fraction of sp³-hybridized carbons (Fsp3) is 0.600. The first-order chi connectivity index (χ1) is 14.6. The molecule has 1 saturated heterocycles. The number of nitrogens with zero attached hydrogens (tertiary/aromatic N) is 5. The Bertz CT molecular complexity index is 856. The van der Waals surface area contributed by atoms with Gasteiger partial charge in [0.1, 0.15) is 5.82 Å². The Morgan fingerprint density at radius 1 is 1.17 bits per heavy atom. The molecule has 2 aromatic rings. The van der Waals surface area contributed by atoms with Crippen LogP contribution in [0.5, 0.6) is 0 Å². The standard InChI is InChI=1S/C20H30N8O2/c1-21-18-16(13-23-27(18)2)17-7-8-22-19(26-17)24-14-3-5-15(6-4-14)25-20(29)28-9-11-30-12-10-28/h7-8,13-15,21H,3-6,9-12H2,1-2H3,(H,25,29)(H,22,24,26)/t14-,15-. The number of hydrogen-bond donors (Lipinski definition) is 3. The molecule has 0 radical (unpaired) electrons. The summed E-state index contributed by atoms with van der Waals surface area (Å²) in [6.45, 7) is 2.58. The maximum absolute atomic E-state index is 12.4. The maximum Gasteiger partial charge on any atom is 0.317 e. The first-order valence-corrected chi connectivity index (χ1v) is 10.6. The smallest absolute Gasteiger partial charge is 0.317 e. The summed E-state index contributed by atoms with van der Waals surface area (Å²) in [5.41, 5.74) is 1.77. The van der Waals surface area contributed by atoms with Gasteiger partial charge >= 0.3 is 6.03 Å². The highest BCUT2D eigenvalue weighted by Gasteiger charge is 2.25. The Morgan fingerprint density at radius 2 is 1.90 bits per heavy atom. The molecule has 2 amide bonds. The Labute approximate surface area is 176 Å². The number of carbonyl (C=O) groups is 1. The van der Waals surface area contributed by atoms with E-state index in [1.165, 1.54) is 0 Å². The van der Waals surface area contributed by atoms with Crippen molar-refractivity contribution in [2.24, 2.45) is 7.05 Å². The van der Waals surface area contributed by atoms with Crippen molar-refractivity contribution in [2.45, 2.75) is 37.8 Å². The number of rotatable bonds is 5. The van der Waals surface area contributed by atoms with Crippen molar-refractivity contribution in [2.75, 3.05) is 44.0 Å². The molecule has 2 aromatic heterocycles. The zero-order chi connectivity index (χ0) is 20.9. The van der Waals surface area contributed by atoms with Crippen LogP contribution in [-0.4, -0.2) is 76.1 Å². The van der Waals surface area contributed by atoms with E-state index in [9.17, 15) is 4.79 Å². The van der Waals surface area contributed by atoms with Crippen LogP contribution in [0.4, 0.5) is 16.6 Å². The number of urea groups is 1. The number of aryl methyl sites for hydroxylation is 1. The van der Waals surface area contributed by atoms with Crippen LogP contribution < -0.4 is 16.0 Å². The minimum Gasteiger partial charge on any atom is -0.378 e. The molecule has 4 rings (SSSR count). The number of anilines is 2. The Hall–Kier alpha value is -2.88. The molecule has 10 heteroatoms. The summed E-state index contributed by atoms with van der Waals surface area (Å²) >= 11 is 0. The molecule has 0 spiro atoms. The Morgan fingerprint density at radius 3 is 2.63 bits per heavy atom. The van der Waals surface area contributed by atoms with Crippen molar-refractivity contribution in [1.29, 1.82) is 0 Å². The van der Waals surface area contributed by atoms with E-state index >= 15 is 0 Å². The third kappa shape index (κ3) is 4.64. The second kappa shape index (κ2) is 9.29. The van der Waals surface area contributed by atoms with Gasteiger partial charge < -0.3 is 25.6 Å². The molecule has 3 N–H and O–H groups in total. The molecule has 3 heterocycles. The monoisotopic (exact) mass is 414 g/mol. The van der Waals surface area contributed by atoms with Crippen molar-refractivity contribution in [3.05, 3.63) is 18.5 Å². The van der Waals surface area contributed by atoms with Crippen LogP contribution in [0, 0.1) is 0 Å². The van der Waals surface area contributed by atoms with Crippen molar-refractivity contribution < 1.29 is 9.53 Å². The highest BCUT2D eigenvalue weighted by atomic mass is 16.5. The van der Waals surface area contributed by atoms with Crippen LogP contribution in [-0.2, 0) is 11.8 Å². The van der Waals surface area contributed by atoms with E-state index in [-0.39, 0.29) is 12.1 Å². The largest absolute Gasteiger partial charge is 0.378 e. The molecular weight excluding hydrogens is 384 g/mol. The van der Waals surface area contributed by atoms with Gasteiger partial charge in [0.05, 0.1) is 30.7 Å². The molecule has 1 saturated carbocycles. The minimum atomic E-state index is 0.0301. The molecule has 0 aromatic carbocycles. The lowest BCUT2D eigenvalue weighted by Crippen LogP contribution is -2.50. The molecular formula is C20H30N8O2. The minimum absolute atomic E-state index is 0.0301. The number of carbonyl (C=O) groups excluding carboxylic acids is 1. The zero-order valence-corrected chi connectivity index (χ0v) is 17.6. The predicted octanol–water partition coefficient (Wildman–Crippen LogP) is 1.68. The van der Waals surface area contributed by atoms with Gasteiger partial charge in [0.15, 0.2) is 0 Å². The van der Waals surface area contributed by atoms with Gasteiger partial charge in [-0.05, 0) is 31.7 Å². The third-order valence-electron chi connectivity index (χ3n) is 5.79. The topological polar surface area (TPSA) is 109 Å². The van der Waals surface area contributed by atoms with Gasteiger partial charge in [0.2, 0.25) is 5.95 Å². The summed E-state index contributed by atoms with van der Waals surface area (Å²) in [5, 5.41) is 14.1. The van der Waals surface area contributed by atoms with E-state index in [4.69, 9.17) is 4.74 Å². The van der Waals surface area contributed by atoms with E-state index in [2.05, 4.69) is 31.0 Å². The lowest BCUT2D eigenvalue weighted by atomic mass is 9.91. The molecule has 1 aliphatic heterocycles. The van der Waals surface area contributed by atoms with Gasteiger partial charge in [-0.3, -0.25) is 4.68 Å². The van der Waals surface area contributed by atoms with Gasteiger partial charge in [-0.25, -0.2) is 14.8 Å². The molecule has 1 aliphatic carbocycles. The molecule has 30 heavy (non-hydrogen) atoms. The number of amides is 2. The third-order valence-corrected chi connectivity index (χ3v) is 5.79. The summed E-state index contributed by atoms with van der Waals surface area (Å²) in [6, 6.07) is 2.44. The van der Waals surface area contributed by atoms with Crippen LogP contribution in [0.25, 0.3) is 11.3 Å². The quantitative estimate of drug-likeness (QED) is 0.683. The first-order valence-electron chi connectivity index (χ1n) is 10.6. The molecule has 0 unspecified atom stereocenters. The Kier molecular flexibility index (Phi) is 6.32. The van der Waals surface area contributed by atoms with Gasteiger partial charge in [0, 0.05) is 45.5 Å². The van der Waals surface area contributed by atoms with Gasteiger partial charge in [0.25, 0.3) is 0 Å². The predicted molar refractivity (Wildman–Crippen MR) is 114 cm³/mol. The van der Waals surface area contributed by atoms with Crippen LogP contribution in [0.1, 0.15) is 25.7 Å². The van der Waals surface area contributed by atoms with Crippen molar-refractivity contribution >= 4 is 17.8 Å². The number of ether oxygens (including phenoxy) is 1. The fourth-order valence-corrected chi connectivity index (χ4v) is 4.10. The van der Waals surface area contributed by atoms with E-state index in [0.717, 1.165) is 42.8 Å². The van der Waals surface area contributed by atoms with Crippen molar-refractivity contribution in [3.63, 3.8) is 0 Å². The van der Waals surface area contributed by atoms with E-state index in [1.54, 1.807) is 17.1 Å². The van der Waals surface area contributed by atoms with E-state index < -0.39 is 0 Å². The number of hydrogen-bond acceptors (Lipinski definition) is 7. The van der Waals surface area contributed by atoms with E-state index in [1.807, 2.05) is 25.1 Å². The highest BCUT2D eigenvalue weighted by Crippen LogP contribution is 2.27. The lowest BCUT2D eigenvalue weighted by molar-refractivity contribution is 0.0521. The molecule has 2 fully saturated rings. The summed E-state index contributed by atoms with van der Waals surface area (Å²) in [6.07, 6.45) is 7.40. The normalized spacial score (nSPS) is 21.9. The van der Waals surface area contributed by atoms with Crippen LogP contribution in [0.15, 0.2) is 18.5 Å². The van der Waals surface area contributed by atoms with Crippen LogP contribution >= 0.6 is 0 Å². The number of aromatic nitrogens is 4. The van der Waals surface area contributed by atoms with Crippen molar-refractivity contribution in [3.8, 4) is 11.3 Å². The molecule has 162 valence electrons. The van der Waals surface area contributed by atoms with Crippen molar-refractivity contribution in [1.82, 2.24) is 30.0 Å². The van der Waals surface area contributed by atoms with Gasteiger partial charge in [-0.1, -0.05) is 0 Å². The van der Waals surface area contributed by atoms with Crippen LogP contribution in [0.2, 0.25) is 0 Å². The SMILES string of the molecule is CNc1c(-c2ccnc(N[C@H]3CC[C@H](NC(=O)N4CCOCC4)CC3)n2)cnn1C. The molecule has 2 aliphatic rings. The number of morpholine rings is 1. The van der Waals surface area contributed by atoms with Crippen LogP contribution in [0.3, 0.4) is 0 Å². The van der Waals surface area contributed by atoms with Gasteiger partial charge in [-0.15, -0.1) is 0 Å². The summed E-state index contributed by atoms with van der Waals surface area (Å²) in [7, 11) is 3.77. The fourth-order valence-electron chi connectivity index (χ4n) is 4.10. The lowest BCUT2D eigenvalue weighted by Gasteiger charge is -2.33. The second-order valence-electron chi connectivity index (χ2n) is 7.79. The summed E-state index contributed by atoms with van der Waals surface area (Å²) in [4.78, 5) is 23.3. The first kappa shape index (κ1) is 20.4. The summed E-state index contributed by atoms with van der Waals surface area (Å²) in [5.74, 6) is 1.54. The average Bonchev–Trinajstić information content (AvgIpc) is 3.16. The summed E-state index contributed by atoms with van der Waals surface area (Å²) < 4.78 is 7.10. The van der Waals surface area contributed by atoms with Gasteiger partial charge in [-0.2, -0.15) is 5.10 Å². The number of nitrogens with one attached hydrogen (secondary N) is 3. The van der Waals surface area contributed by atoms with E-state index in [0.29, 0.717) is 38.3 Å². The maximum atomic E-state index is 12.4. The molecule has 0 bridgehead atoms. The highest BCUT2D eigenvalue weighted by molar-refractivity contribution is 5.74. The molecule has 10 nitrogen and oxygen atoms in total. The molecule has 0 atom stereocenters. The average molecular weight is 415 g/mol. The Balaban J connectivity index is 1.30. The zero-order valence-electron chi connectivity index (χ0n) is 17.6. The second-order valence-corrected chi connectivity index (χ2v) is 7.79.